The summed E-state index contributed by atoms with van der Waals surface area (Å²) in [7, 11) is 0. The number of thioether (sulfide) groups is 1. The van der Waals surface area contributed by atoms with E-state index in [1.165, 1.54) is 11.8 Å². The average Bonchev–Trinajstić information content (AvgIpc) is 3.28. The van der Waals surface area contributed by atoms with Crippen molar-refractivity contribution >= 4 is 29.7 Å². The number of aromatic nitrogens is 2. The van der Waals surface area contributed by atoms with E-state index in [0.29, 0.717) is 11.3 Å². The van der Waals surface area contributed by atoms with Gasteiger partial charge in [0.1, 0.15) is 29.4 Å². The first kappa shape index (κ1) is 27.0. The van der Waals surface area contributed by atoms with Gasteiger partial charge in [-0.2, -0.15) is 0 Å². The Bertz CT molecular complexity index is 1210. The summed E-state index contributed by atoms with van der Waals surface area (Å²) in [5.41, 5.74) is -2.66. The minimum atomic E-state index is -0.854. The lowest BCUT2D eigenvalue weighted by atomic mass is 10.2. The molecule has 2 heterocycles. The number of carbonyl (C=O) groups is 3. The highest BCUT2D eigenvalue weighted by Gasteiger charge is 2.30. The lowest BCUT2D eigenvalue weighted by Gasteiger charge is -2.19. The number of rotatable bonds is 8. The first-order valence-corrected chi connectivity index (χ1v) is 12.2. The van der Waals surface area contributed by atoms with Gasteiger partial charge in [0.25, 0.3) is 11.5 Å². The Morgan fingerprint density at radius 2 is 1.83 bits per heavy atom. The molecule has 1 aromatic carbocycles. The Hall–Kier alpha value is -3.58. The highest BCUT2D eigenvalue weighted by Crippen LogP contribution is 2.31. The summed E-state index contributed by atoms with van der Waals surface area (Å²) in [6, 6.07) is 8.50. The van der Waals surface area contributed by atoms with Gasteiger partial charge in [-0.15, -0.1) is 11.8 Å². The van der Waals surface area contributed by atoms with Crippen molar-refractivity contribution in [3.8, 4) is 0 Å². The number of ether oxygens (including phenoxy) is 3. The highest BCUT2D eigenvalue weighted by molar-refractivity contribution is 8.00. The number of H-pyrrole nitrogens is 1. The maximum absolute atomic E-state index is 12.5. The van der Waals surface area contributed by atoms with Crippen LogP contribution in [0.25, 0.3) is 0 Å². The Labute approximate surface area is 210 Å². The fourth-order valence-corrected chi connectivity index (χ4v) is 4.08. The summed E-state index contributed by atoms with van der Waals surface area (Å²) >= 11 is 1.33. The summed E-state index contributed by atoms with van der Waals surface area (Å²) < 4.78 is 17.3. The van der Waals surface area contributed by atoms with Crippen molar-refractivity contribution < 1.29 is 28.6 Å². The van der Waals surface area contributed by atoms with Crippen molar-refractivity contribution in [1.29, 1.82) is 0 Å². The maximum atomic E-state index is 12.5. The van der Waals surface area contributed by atoms with Crippen LogP contribution in [0.5, 0.6) is 0 Å². The van der Waals surface area contributed by atoms with Crippen LogP contribution in [-0.4, -0.2) is 64.0 Å². The van der Waals surface area contributed by atoms with Crippen LogP contribution < -0.4 is 21.9 Å². The molecule has 2 atom stereocenters. The van der Waals surface area contributed by atoms with E-state index >= 15 is 0 Å². The molecule has 12 nitrogen and oxygen atoms in total. The molecule has 3 rings (SSSR count). The van der Waals surface area contributed by atoms with E-state index in [-0.39, 0.29) is 25.3 Å². The van der Waals surface area contributed by atoms with Crippen LogP contribution >= 0.6 is 11.8 Å². The fourth-order valence-electron chi connectivity index (χ4n) is 3.09. The third kappa shape index (κ3) is 7.71. The molecule has 194 valence electrons. The molecule has 13 heteroatoms. The van der Waals surface area contributed by atoms with Gasteiger partial charge in [-0.3, -0.25) is 19.1 Å². The molecule has 1 aliphatic rings. The van der Waals surface area contributed by atoms with Crippen LogP contribution in [0.1, 0.15) is 47.7 Å². The lowest BCUT2D eigenvalue weighted by Crippen LogP contribution is -2.41. The third-order valence-electron chi connectivity index (χ3n) is 4.70. The van der Waals surface area contributed by atoms with Gasteiger partial charge in [0, 0.05) is 25.0 Å². The molecule has 0 radical (unpaired) electrons. The first-order chi connectivity index (χ1) is 17.0. The first-order valence-electron chi connectivity index (χ1n) is 11.1. The van der Waals surface area contributed by atoms with Gasteiger partial charge < -0.3 is 24.8 Å². The number of benzene rings is 1. The van der Waals surface area contributed by atoms with Crippen molar-refractivity contribution in [2.24, 2.45) is 0 Å². The number of nitrogens with zero attached hydrogens (tertiary/aromatic N) is 1. The smallest absolute Gasteiger partial charge is 0.407 e. The average molecular weight is 521 g/mol. The van der Waals surface area contributed by atoms with Crippen molar-refractivity contribution in [1.82, 2.24) is 20.2 Å². The number of hydrogen-bond acceptors (Lipinski definition) is 9. The van der Waals surface area contributed by atoms with Crippen LogP contribution in [-0.2, 0) is 14.2 Å². The Morgan fingerprint density at radius 1 is 1.14 bits per heavy atom. The molecule has 0 spiro atoms. The van der Waals surface area contributed by atoms with E-state index in [9.17, 15) is 24.0 Å². The topological polar surface area (TPSA) is 158 Å². The lowest BCUT2D eigenvalue weighted by molar-refractivity contribution is -0.0179. The second-order valence-corrected chi connectivity index (χ2v) is 9.90. The second-order valence-electron chi connectivity index (χ2n) is 8.71. The molecule has 2 aromatic rings. The van der Waals surface area contributed by atoms with Gasteiger partial charge in [0.15, 0.2) is 0 Å². The van der Waals surface area contributed by atoms with E-state index in [0.717, 1.165) is 10.8 Å². The normalized spacial score (nSPS) is 17.3. The molecule has 0 unspecified atom stereocenters. The zero-order chi connectivity index (χ0) is 26.3. The highest BCUT2D eigenvalue weighted by atomic mass is 32.2. The van der Waals surface area contributed by atoms with Crippen molar-refractivity contribution in [3.05, 3.63) is 68.5 Å². The molecule has 1 fully saturated rings. The molecular formula is C23H28N4O8S. The summed E-state index contributed by atoms with van der Waals surface area (Å²) in [5.74, 6) is -0.889. The minimum absolute atomic E-state index is 0.0290. The van der Waals surface area contributed by atoms with E-state index in [2.05, 4.69) is 15.6 Å². The van der Waals surface area contributed by atoms with Crippen LogP contribution in [0.4, 0.5) is 4.79 Å². The number of aromatic amines is 1. The molecule has 0 saturated carbocycles. The van der Waals surface area contributed by atoms with Gasteiger partial charge >= 0.3 is 17.8 Å². The number of hydrogen-bond donors (Lipinski definition) is 3. The maximum Gasteiger partial charge on any atom is 0.407 e. The molecule has 0 aliphatic carbocycles. The second kappa shape index (κ2) is 11.9. The van der Waals surface area contributed by atoms with Crippen molar-refractivity contribution in [2.75, 3.05) is 25.4 Å². The third-order valence-corrected chi connectivity index (χ3v) is 5.79. The van der Waals surface area contributed by atoms with Crippen LogP contribution in [0.2, 0.25) is 0 Å². The zero-order valence-electron chi connectivity index (χ0n) is 20.1. The van der Waals surface area contributed by atoms with Crippen LogP contribution in [0, 0.1) is 0 Å². The fraction of sp³-hybridized carbons (Fsp3) is 0.435. The Kier molecular flexibility index (Phi) is 8.93. The molecule has 36 heavy (non-hydrogen) atoms. The summed E-state index contributed by atoms with van der Waals surface area (Å²) in [6.07, 6.45) is -0.287. The Balaban J connectivity index is 1.54. The van der Waals surface area contributed by atoms with Gasteiger partial charge in [0.05, 0.1) is 5.56 Å². The predicted octanol–water partition coefficient (Wildman–Crippen LogP) is 1.24. The summed E-state index contributed by atoms with van der Waals surface area (Å²) in [5, 5.41) is 4.99. The monoisotopic (exact) mass is 520 g/mol. The predicted molar refractivity (Wildman–Crippen MR) is 131 cm³/mol. The Morgan fingerprint density at radius 3 is 2.53 bits per heavy atom. The SMILES string of the molecule is CC(C)(C)OC(=O)NCCNC(=O)c1cn([C@@H]2CS[C@@H](COC(=O)c3ccccc3)O2)c(=O)[nH]c1=O. The molecule has 1 aromatic heterocycles. The number of nitrogens with one attached hydrogen (secondary N) is 3. The van der Waals surface area contributed by atoms with Crippen LogP contribution in [0.3, 0.4) is 0 Å². The molecular weight excluding hydrogens is 492 g/mol. The molecule has 1 aliphatic heterocycles. The van der Waals surface area contributed by atoms with E-state index < -0.39 is 46.5 Å². The van der Waals surface area contributed by atoms with E-state index in [1.54, 1.807) is 51.1 Å². The van der Waals surface area contributed by atoms with Gasteiger partial charge in [-0.1, -0.05) is 18.2 Å². The van der Waals surface area contributed by atoms with Crippen molar-refractivity contribution in [3.63, 3.8) is 0 Å². The van der Waals surface area contributed by atoms with E-state index in [4.69, 9.17) is 14.2 Å². The largest absolute Gasteiger partial charge is 0.458 e. The number of carbonyl (C=O) groups excluding carboxylic acids is 3. The standard InChI is InChI=1S/C23H28N4O8S/c1-23(2,3)35-22(32)25-10-9-24-18(28)15-11-27(21(31)26-19(15)29)16-13-36-17(34-16)12-33-20(30)14-7-5-4-6-8-14/h4-8,11,16-17H,9-10,12-13H2,1-3H3,(H,24,28)(H,25,32)(H,26,29,31)/t16-,17-/m0/s1. The number of amides is 2. The molecule has 1 saturated heterocycles. The van der Waals surface area contributed by atoms with Crippen molar-refractivity contribution in [2.45, 2.75) is 38.0 Å². The number of alkyl carbamates (subject to hydrolysis) is 1. The molecule has 3 N–H and O–H groups in total. The minimum Gasteiger partial charge on any atom is -0.458 e. The van der Waals surface area contributed by atoms with Gasteiger partial charge in [-0.05, 0) is 32.9 Å². The summed E-state index contributed by atoms with van der Waals surface area (Å²) in [4.78, 5) is 62.9. The van der Waals surface area contributed by atoms with Gasteiger partial charge in [-0.25, -0.2) is 14.4 Å². The van der Waals surface area contributed by atoms with Crippen LogP contribution in [0.15, 0.2) is 46.1 Å². The van der Waals surface area contributed by atoms with E-state index in [1.807, 2.05) is 0 Å². The molecule has 0 bridgehead atoms. The zero-order valence-corrected chi connectivity index (χ0v) is 20.9. The van der Waals surface area contributed by atoms with Gasteiger partial charge in [0.2, 0.25) is 0 Å². The number of esters is 1. The summed E-state index contributed by atoms with van der Waals surface area (Å²) in [6.45, 7) is 5.24. The quantitative estimate of drug-likeness (QED) is 0.344. The molecule has 2 amide bonds.